The van der Waals surface area contributed by atoms with Crippen molar-refractivity contribution in [2.75, 3.05) is 13.2 Å². The molecule has 0 bridgehead atoms. The molecule has 1 saturated carbocycles. The Bertz CT molecular complexity index is 500. The van der Waals surface area contributed by atoms with Crippen LogP contribution in [0.5, 0.6) is 0 Å². The molecule has 0 unspecified atom stereocenters. The molecule has 5 heteroatoms. The number of carbonyl (C=O) groups excluding carboxylic acids is 2. The van der Waals surface area contributed by atoms with Crippen LogP contribution in [0.2, 0.25) is 0 Å². The van der Waals surface area contributed by atoms with Gasteiger partial charge in [0.2, 0.25) is 0 Å². The highest BCUT2D eigenvalue weighted by Gasteiger charge is 2.33. The molecular formula is C15H18BrNO3. The Balaban J connectivity index is 2.01. The van der Waals surface area contributed by atoms with E-state index in [-0.39, 0.29) is 24.3 Å². The van der Waals surface area contributed by atoms with Crippen molar-refractivity contribution in [3.8, 4) is 0 Å². The van der Waals surface area contributed by atoms with E-state index >= 15 is 0 Å². The van der Waals surface area contributed by atoms with Gasteiger partial charge >= 0.3 is 5.97 Å². The first-order valence-electron chi connectivity index (χ1n) is 6.84. The zero-order valence-corrected chi connectivity index (χ0v) is 13.1. The minimum atomic E-state index is -0.250. The molecule has 2 rings (SSSR count). The largest absolute Gasteiger partial charge is 0.466 e. The molecule has 0 spiro atoms. The summed E-state index contributed by atoms with van der Waals surface area (Å²) in [7, 11) is 0. The SMILES string of the molecule is CCOC(=O)CCN(C(=O)c1cccc(Br)c1)C1CC1. The molecule has 0 atom stereocenters. The van der Waals surface area contributed by atoms with Crippen molar-refractivity contribution in [2.45, 2.75) is 32.2 Å². The van der Waals surface area contributed by atoms with Gasteiger partial charge < -0.3 is 9.64 Å². The Morgan fingerprint density at radius 3 is 2.75 bits per heavy atom. The zero-order chi connectivity index (χ0) is 14.5. The quantitative estimate of drug-likeness (QED) is 0.748. The summed E-state index contributed by atoms with van der Waals surface area (Å²) in [5.41, 5.74) is 0.648. The molecule has 1 aliphatic carbocycles. The van der Waals surface area contributed by atoms with Gasteiger partial charge in [-0.25, -0.2) is 0 Å². The molecular weight excluding hydrogens is 322 g/mol. The van der Waals surface area contributed by atoms with Crippen molar-refractivity contribution in [1.29, 1.82) is 0 Å². The average Bonchev–Trinajstić information content (AvgIpc) is 3.23. The van der Waals surface area contributed by atoms with Crippen LogP contribution in [0.25, 0.3) is 0 Å². The fourth-order valence-electron chi connectivity index (χ4n) is 2.07. The van der Waals surface area contributed by atoms with Gasteiger partial charge in [-0.1, -0.05) is 22.0 Å². The third-order valence-electron chi connectivity index (χ3n) is 3.18. The van der Waals surface area contributed by atoms with E-state index < -0.39 is 0 Å². The second kappa shape index (κ2) is 6.88. The predicted molar refractivity (Wildman–Crippen MR) is 79.5 cm³/mol. The van der Waals surface area contributed by atoms with Crippen LogP contribution in [0.4, 0.5) is 0 Å². The van der Waals surface area contributed by atoms with Gasteiger partial charge in [0, 0.05) is 22.6 Å². The Morgan fingerprint density at radius 1 is 1.40 bits per heavy atom. The Hall–Kier alpha value is -1.36. The highest BCUT2D eigenvalue weighted by molar-refractivity contribution is 9.10. The van der Waals surface area contributed by atoms with Gasteiger partial charge in [-0.15, -0.1) is 0 Å². The Labute approximate surface area is 127 Å². The second-order valence-electron chi connectivity index (χ2n) is 4.80. The van der Waals surface area contributed by atoms with Gasteiger partial charge in [-0.05, 0) is 38.0 Å². The van der Waals surface area contributed by atoms with E-state index in [9.17, 15) is 9.59 Å². The summed E-state index contributed by atoms with van der Waals surface area (Å²) in [6, 6.07) is 7.61. The summed E-state index contributed by atoms with van der Waals surface area (Å²) in [6.45, 7) is 2.58. The number of ether oxygens (including phenoxy) is 1. The topological polar surface area (TPSA) is 46.6 Å². The van der Waals surface area contributed by atoms with Crippen LogP contribution in [-0.4, -0.2) is 36.0 Å². The van der Waals surface area contributed by atoms with Crippen LogP contribution >= 0.6 is 15.9 Å². The van der Waals surface area contributed by atoms with Gasteiger partial charge in [-0.3, -0.25) is 9.59 Å². The number of amides is 1. The van der Waals surface area contributed by atoms with Crippen LogP contribution in [0.1, 0.15) is 36.5 Å². The molecule has 1 aromatic carbocycles. The van der Waals surface area contributed by atoms with Gasteiger partial charge in [0.1, 0.15) is 0 Å². The fraction of sp³-hybridized carbons (Fsp3) is 0.467. The molecule has 1 aromatic rings. The molecule has 4 nitrogen and oxygen atoms in total. The first kappa shape index (κ1) is 15.0. The van der Waals surface area contributed by atoms with Crippen molar-refractivity contribution in [3.05, 3.63) is 34.3 Å². The maximum Gasteiger partial charge on any atom is 0.307 e. The van der Waals surface area contributed by atoms with Crippen molar-refractivity contribution in [3.63, 3.8) is 0 Å². The van der Waals surface area contributed by atoms with E-state index in [4.69, 9.17) is 4.74 Å². The molecule has 108 valence electrons. The minimum Gasteiger partial charge on any atom is -0.466 e. The molecule has 20 heavy (non-hydrogen) atoms. The molecule has 0 aliphatic heterocycles. The van der Waals surface area contributed by atoms with Crippen LogP contribution < -0.4 is 0 Å². The summed E-state index contributed by atoms with van der Waals surface area (Å²) in [4.78, 5) is 25.7. The summed E-state index contributed by atoms with van der Waals surface area (Å²) < 4.78 is 5.79. The number of rotatable bonds is 6. The lowest BCUT2D eigenvalue weighted by molar-refractivity contribution is -0.143. The number of benzene rings is 1. The van der Waals surface area contributed by atoms with E-state index in [2.05, 4.69) is 15.9 Å². The zero-order valence-electron chi connectivity index (χ0n) is 11.5. The maximum atomic E-state index is 12.5. The molecule has 0 saturated heterocycles. The van der Waals surface area contributed by atoms with E-state index in [1.165, 1.54) is 0 Å². The highest BCUT2D eigenvalue weighted by atomic mass is 79.9. The normalized spacial score (nSPS) is 13.9. The molecule has 1 aliphatic rings. The number of esters is 1. The first-order valence-corrected chi connectivity index (χ1v) is 7.63. The lowest BCUT2D eigenvalue weighted by Crippen LogP contribution is -2.35. The van der Waals surface area contributed by atoms with Gasteiger partial charge in [0.25, 0.3) is 5.91 Å². The lowest BCUT2D eigenvalue weighted by atomic mass is 10.2. The standard InChI is InChI=1S/C15H18BrNO3/c1-2-20-14(18)8-9-17(13-6-7-13)15(19)11-4-3-5-12(16)10-11/h3-5,10,13H,2,6-9H2,1H3. The summed E-state index contributed by atoms with van der Waals surface area (Å²) in [5, 5.41) is 0. The van der Waals surface area contributed by atoms with E-state index in [1.807, 2.05) is 18.2 Å². The molecule has 1 amide bonds. The Morgan fingerprint density at radius 2 is 2.15 bits per heavy atom. The maximum absolute atomic E-state index is 12.5. The summed E-state index contributed by atoms with van der Waals surface area (Å²) in [5.74, 6) is -0.265. The molecule has 0 aromatic heterocycles. The monoisotopic (exact) mass is 339 g/mol. The minimum absolute atomic E-state index is 0.0156. The highest BCUT2D eigenvalue weighted by Crippen LogP contribution is 2.28. The van der Waals surface area contributed by atoms with E-state index in [0.29, 0.717) is 18.7 Å². The number of nitrogens with zero attached hydrogens (tertiary/aromatic N) is 1. The number of halogens is 1. The van der Waals surface area contributed by atoms with Gasteiger partial charge in [-0.2, -0.15) is 0 Å². The number of hydrogen-bond acceptors (Lipinski definition) is 3. The van der Waals surface area contributed by atoms with Crippen LogP contribution in [-0.2, 0) is 9.53 Å². The van der Waals surface area contributed by atoms with Gasteiger partial charge in [0.05, 0.1) is 13.0 Å². The van der Waals surface area contributed by atoms with Crippen molar-refractivity contribution >= 4 is 27.8 Å². The van der Waals surface area contributed by atoms with E-state index in [0.717, 1.165) is 17.3 Å². The fourth-order valence-corrected chi connectivity index (χ4v) is 2.47. The molecule has 0 radical (unpaired) electrons. The van der Waals surface area contributed by atoms with Crippen LogP contribution in [0, 0.1) is 0 Å². The molecule has 0 heterocycles. The predicted octanol–water partition coefficient (Wildman–Crippen LogP) is 3.01. The third-order valence-corrected chi connectivity index (χ3v) is 3.68. The average molecular weight is 340 g/mol. The van der Waals surface area contributed by atoms with Crippen molar-refractivity contribution in [2.24, 2.45) is 0 Å². The van der Waals surface area contributed by atoms with Crippen LogP contribution in [0.15, 0.2) is 28.7 Å². The smallest absolute Gasteiger partial charge is 0.307 e. The van der Waals surface area contributed by atoms with Crippen molar-refractivity contribution in [1.82, 2.24) is 4.90 Å². The first-order chi connectivity index (χ1) is 9.61. The number of hydrogen-bond donors (Lipinski definition) is 0. The van der Waals surface area contributed by atoms with Crippen molar-refractivity contribution < 1.29 is 14.3 Å². The summed E-state index contributed by atoms with van der Waals surface area (Å²) >= 11 is 3.37. The second-order valence-corrected chi connectivity index (χ2v) is 5.71. The summed E-state index contributed by atoms with van der Waals surface area (Å²) in [6.07, 6.45) is 2.29. The Kier molecular flexibility index (Phi) is 5.17. The van der Waals surface area contributed by atoms with Crippen LogP contribution in [0.3, 0.4) is 0 Å². The molecule has 1 fully saturated rings. The van der Waals surface area contributed by atoms with Gasteiger partial charge in [0.15, 0.2) is 0 Å². The molecule has 0 N–H and O–H groups in total. The number of carbonyl (C=O) groups is 2. The lowest BCUT2D eigenvalue weighted by Gasteiger charge is -2.22. The van der Waals surface area contributed by atoms with E-state index in [1.54, 1.807) is 17.9 Å². The third kappa shape index (κ3) is 4.07.